The number of aliphatic imine (C=N–C) groups is 1. The van der Waals surface area contributed by atoms with Gasteiger partial charge < -0.3 is 25.8 Å². The summed E-state index contributed by atoms with van der Waals surface area (Å²) in [6.07, 6.45) is 4.41. The Hall–Kier alpha value is -5.30. The molecule has 2 aliphatic carbocycles. The molecule has 1 aliphatic heterocycles. The summed E-state index contributed by atoms with van der Waals surface area (Å²) in [6.45, 7) is 8.03. The third kappa shape index (κ3) is 11.4. The van der Waals surface area contributed by atoms with Crippen molar-refractivity contribution >= 4 is 35.2 Å². The van der Waals surface area contributed by atoms with Crippen molar-refractivity contribution in [1.82, 2.24) is 10.6 Å². The number of anilines is 1. The molecule has 57 heavy (non-hydrogen) atoms. The van der Waals surface area contributed by atoms with E-state index in [1.54, 1.807) is 12.1 Å². The number of hydrogen-bond acceptors (Lipinski definition) is 9. The van der Waals surface area contributed by atoms with Crippen molar-refractivity contribution in [2.45, 2.75) is 103 Å². The Balaban J connectivity index is 1.11. The fraction of sp³-hybridized carbons (Fsp3) is 0.477. The van der Waals surface area contributed by atoms with Crippen molar-refractivity contribution in [2.24, 2.45) is 33.0 Å². The summed E-state index contributed by atoms with van der Waals surface area (Å²) in [6, 6.07) is 17.7. The zero-order valence-corrected chi connectivity index (χ0v) is 33.1. The van der Waals surface area contributed by atoms with Crippen LogP contribution in [0.25, 0.3) is 11.1 Å². The van der Waals surface area contributed by atoms with E-state index in [4.69, 9.17) is 4.74 Å². The second-order valence-electron chi connectivity index (χ2n) is 16.6. The molecule has 3 aromatic rings. The number of ether oxygens (including phenoxy) is 1. The van der Waals surface area contributed by atoms with Gasteiger partial charge in [0.15, 0.2) is 12.5 Å². The topological polar surface area (TPSA) is 171 Å². The first-order valence-electron chi connectivity index (χ1n) is 19.9. The first-order chi connectivity index (χ1) is 27.2. The van der Waals surface area contributed by atoms with Gasteiger partial charge in [-0.2, -0.15) is 5.11 Å². The number of nitrogens with zero attached hydrogens (tertiary/aromatic N) is 3. The van der Waals surface area contributed by atoms with Crippen LogP contribution in [0.1, 0.15) is 99.2 Å². The van der Waals surface area contributed by atoms with Crippen molar-refractivity contribution in [1.29, 1.82) is 0 Å². The molecule has 3 unspecified atom stereocenters. The number of aryl methyl sites for hydroxylation is 1. The van der Waals surface area contributed by atoms with E-state index in [1.165, 1.54) is 12.1 Å². The van der Waals surface area contributed by atoms with Crippen LogP contribution >= 0.6 is 0 Å². The second-order valence-corrected chi connectivity index (χ2v) is 16.6. The number of nitrogens with one attached hydrogen (secondary N) is 3. The van der Waals surface area contributed by atoms with Crippen LogP contribution in [0.2, 0.25) is 0 Å². The first-order valence-corrected chi connectivity index (χ1v) is 19.9. The van der Waals surface area contributed by atoms with Gasteiger partial charge in [-0.15, -0.1) is 5.11 Å². The summed E-state index contributed by atoms with van der Waals surface area (Å²) >= 11 is 0. The summed E-state index contributed by atoms with van der Waals surface area (Å²) in [7, 11) is 0. The predicted octanol–water partition coefficient (Wildman–Crippen LogP) is 7.70. The molecule has 0 saturated heterocycles. The van der Waals surface area contributed by atoms with Crippen molar-refractivity contribution in [3.63, 3.8) is 0 Å². The molecule has 0 radical (unpaired) electrons. The number of halogens is 1. The summed E-state index contributed by atoms with van der Waals surface area (Å²) in [5.41, 5.74) is 4.13. The molecule has 12 nitrogen and oxygen atoms in total. The molecule has 3 atom stereocenters. The van der Waals surface area contributed by atoms with Crippen LogP contribution in [0, 0.1) is 30.5 Å². The lowest BCUT2D eigenvalue weighted by molar-refractivity contribution is -0.129. The van der Waals surface area contributed by atoms with E-state index in [1.807, 2.05) is 64.1 Å². The number of alkyl carbamates (subject to hydrolysis) is 1. The lowest BCUT2D eigenvalue weighted by Gasteiger charge is -2.29. The van der Waals surface area contributed by atoms with Crippen LogP contribution in [0.15, 0.2) is 75.9 Å². The third-order valence-corrected chi connectivity index (χ3v) is 11.0. The van der Waals surface area contributed by atoms with Crippen LogP contribution in [0.5, 0.6) is 0 Å². The fourth-order valence-corrected chi connectivity index (χ4v) is 7.88. The Morgan fingerprint density at radius 3 is 2.30 bits per heavy atom. The van der Waals surface area contributed by atoms with Gasteiger partial charge in [0.1, 0.15) is 17.2 Å². The van der Waals surface area contributed by atoms with Crippen molar-refractivity contribution in [2.75, 3.05) is 18.5 Å². The monoisotopic (exact) mass is 780 g/mol. The average Bonchev–Trinajstić information content (AvgIpc) is 3.85. The van der Waals surface area contributed by atoms with E-state index in [9.17, 15) is 24.3 Å². The van der Waals surface area contributed by atoms with Crippen molar-refractivity contribution in [3.05, 3.63) is 88.7 Å². The van der Waals surface area contributed by atoms with Gasteiger partial charge in [-0.1, -0.05) is 30.3 Å². The minimum Gasteiger partial charge on any atom is -0.444 e. The highest BCUT2D eigenvalue weighted by molar-refractivity contribution is 6.01. The van der Waals surface area contributed by atoms with Gasteiger partial charge in [0, 0.05) is 42.1 Å². The molecule has 2 fully saturated rings. The Morgan fingerprint density at radius 1 is 0.930 bits per heavy atom. The Kier molecular flexibility index (Phi) is 13.3. The standard InChI is InChI=1S/C44H53FN6O6/c1-26-19-31(41(54)49-33-14-16-35(52)22-33)13-17-36(26)29-9-5-27(6-10-29)20-32(42(55)50-34-15-18-37(38(45)23-34)40-47-25-48-51-40)21-39(53)30-11-7-28(8-12-30)24-46-43(56)57-44(2,3)4/h5-6,9-10,13,15,17-19,23,28,30,32-33,35,52H,7-8,11-12,14,16,20-22,24-25H2,1-4H3,(H,46,56)(H,49,54)(H,50,55). The maximum Gasteiger partial charge on any atom is 0.407 e. The molecule has 3 aromatic carbocycles. The lowest BCUT2D eigenvalue weighted by atomic mass is 9.77. The highest BCUT2D eigenvalue weighted by Crippen LogP contribution is 2.32. The zero-order valence-electron chi connectivity index (χ0n) is 33.1. The summed E-state index contributed by atoms with van der Waals surface area (Å²) in [5.74, 6) is -1.60. The number of aliphatic hydroxyl groups is 1. The molecule has 0 spiro atoms. The molecule has 13 heteroatoms. The number of azo groups is 1. The van der Waals surface area contributed by atoms with Gasteiger partial charge in [-0.05, 0) is 138 Å². The molecule has 3 amide bonds. The second kappa shape index (κ2) is 18.3. The molecule has 302 valence electrons. The first kappa shape index (κ1) is 41.3. The molecular weight excluding hydrogens is 728 g/mol. The zero-order chi connectivity index (χ0) is 40.7. The Bertz CT molecular complexity index is 2020. The maximum absolute atomic E-state index is 15.1. The largest absolute Gasteiger partial charge is 0.444 e. The molecule has 0 bridgehead atoms. The summed E-state index contributed by atoms with van der Waals surface area (Å²) in [5, 5.41) is 26.2. The average molecular weight is 781 g/mol. The van der Waals surface area contributed by atoms with Crippen LogP contribution in [-0.2, 0) is 20.7 Å². The highest BCUT2D eigenvalue weighted by Gasteiger charge is 2.31. The van der Waals surface area contributed by atoms with Gasteiger partial charge in [0.2, 0.25) is 5.91 Å². The van der Waals surface area contributed by atoms with Crippen LogP contribution in [0.3, 0.4) is 0 Å². The Morgan fingerprint density at radius 2 is 1.67 bits per heavy atom. The number of amidine groups is 1. The van der Waals surface area contributed by atoms with Crippen LogP contribution in [0.4, 0.5) is 14.9 Å². The number of Topliss-reactive ketones (excluding diaryl/α,β-unsaturated/α-hetero) is 1. The minimum absolute atomic E-state index is 0.0142. The molecule has 0 aromatic heterocycles. The number of amides is 3. The normalized spacial score (nSPS) is 21.1. The van der Waals surface area contributed by atoms with Gasteiger partial charge in [-0.25, -0.2) is 14.2 Å². The number of rotatable bonds is 13. The molecular formula is C44H53FN6O6. The van der Waals surface area contributed by atoms with E-state index >= 15 is 4.39 Å². The quantitative estimate of drug-likeness (QED) is 0.139. The van der Waals surface area contributed by atoms with E-state index in [0.717, 1.165) is 41.5 Å². The Labute approximate surface area is 333 Å². The summed E-state index contributed by atoms with van der Waals surface area (Å²) in [4.78, 5) is 56.8. The van der Waals surface area contributed by atoms with E-state index < -0.39 is 23.4 Å². The number of benzene rings is 3. The van der Waals surface area contributed by atoms with Crippen LogP contribution < -0.4 is 16.0 Å². The molecule has 4 N–H and O–H groups in total. The smallest absolute Gasteiger partial charge is 0.407 e. The number of aliphatic hydroxyl groups excluding tert-OH is 1. The van der Waals surface area contributed by atoms with E-state index in [-0.39, 0.29) is 71.8 Å². The van der Waals surface area contributed by atoms with Gasteiger partial charge >= 0.3 is 6.09 Å². The maximum atomic E-state index is 15.1. The van der Waals surface area contributed by atoms with Crippen LogP contribution in [-0.4, -0.2) is 65.6 Å². The van der Waals surface area contributed by atoms with E-state index in [2.05, 4.69) is 31.2 Å². The SMILES string of the molecule is Cc1cc(C(=O)NC2CCC(O)C2)ccc1-c1ccc(CC(CC(=O)C2CCC(CNC(=O)OC(C)(C)C)CC2)C(=O)Nc2ccc(C3=NCN=N3)c(F)c2)cc1. The number of carbonyl (C=O) groups excluding carboxylic acids is 4. The fourth-order valence-electron chi connectivity index (χ4n) is 7.88. The molecule has 6 rings (SSSR count). The number of carbonyl (C=O) groups is 4. The number of ketones is 1. The minimum atomic E-state index is -0.717. The van der Waals surface area contributed by atoms with Gasteiger partial charge in [-0.3, -0.25) is 14.4 Å². The van der Waals surface area contributed by atoms with Gasteiger partial charge in [0.25, 0.3) is 5.91 Å². The molecule has 1 heterocycles. The molecule has 3 aliphatic rings. The lowest BCUT2D eigenvalue weighted by Crippen LogP contribution is -2.37. The third-order valence-electron chi connectivity index (χ3n) is 11.0. The van der Waals surface area contributed by atoms with Crippen molar-refractivity contribution in [3.8, 4) is 11.1 Å². The number of hydrogen-bond donors (Lipinski definition) is 4. The van der Waals surface area contributed by atoms with E-state index in [0.29, 0.717) is 44.2 Å². The predicted molar refractivity (Wildman–Crippen MR) is 216 cm³/mol. The van der Waals surface area contributed by atoms with Gasteiger partial charge in [0.05, 0.1) is 11.7 Å². The molecule has 2 saturated carbocycles. The highest BCUT2D eigenvalue weighted by atomic mass is 19.1. The van der Waals surface area contributed by atoms with Crippen molar-refractivity contribution < 1.29 is 33.4 Å². The summed E-state index contributed by atoms with van der Waals surface area (Å²) < 4.78 is 20.4.